The standard InChI is InChI=1S/C54H51N9O4/c1-34(2)45-24-22-43-51(59-45)55-32-57-53(43)61-47-28-36(12-26-49(47)66-41-18-14-39(64-5)15-19-41)30-63(38-10-8-7-9-11-38)31-37-13-27-50(67-42-20-16-40(65-6)17-21-42)48(29-37)62-54-44-23-25-46(35(3)4)60-52(44)56-33-58-54/h7-29,32-35H,30-31H2,1-6H3,(H,55,57,59,61)(H,56,58,60,62). The van der Waals surface area contributed by atoms with E-state index in [1.165, 1.54) is 12.7 Å². The fourth-order valence-corrected chi connectivity index (χ4v) is 7.60. The Morgan fingerprint density at radius 3 is 1.33 bits per heavy atom. The van der Waals surface area contributed by atoms with Gasteiger partial charge < -0.3 is 34.5 Å². The van der Waals surface area contributed by atoms with Gasteiger partial charge in [-0.05, 0) is 132 Å². The Hall–Kier alpha value is -8.32. The number of aromatic nitrogens is 6. The smallest absolute Gasteiger partial charge is 0.164 e. The van der Waals surface area contributed by atoms with Crippen LogP contribution in [0.5, 0.6) is 34.5 Å². The Kier molecular flexibility index (Phi) is 13.0. The van der Waals surface area contributed by atoms with Gasteiger partial charge in [-0.3, -0.25) is 0 Å². The first-order chi connectivity index (χ1) is 32.7. The Morgan fingerprint density at radius 1 is 0.478 bits per heavy atom. The van der Waals surface area contributed by atoms with Crippen LogP contribution < -0.4 is 34.5 Å². The Morgan fingerprint density at radius 2 is 0.910 bits per heavy atom. The normalized spacial score (nSPS) is 11.2. The van der Waals surface area contributed by atoms with Crippen LogP contribution in [0.4, 0.5) is 28.7 Å². The average molecular weight is 890 g/mol. The van der Waals surface area contributed by atoms with Crippen molar-refractivity contribution in [1.82, 2.24) is 29.9 Å². The van der Waals surface area contributed by atoms with Crippen molar-refractivity contribution in [1.29, 1.82) is 0 Å². The molecule has 0 saturated heterocycles. The topological polar surface area (TPSA) is 142 Å². The second-order valence-electron chi connectivity index (χ2n) is 16.6. The molecule has 0 saturated carbocycles. The van der Waals surface area contributed by atoms with Crippen molar-refractivity contribution in [2.75, 3.05) is 29.8 Å². The van der Waals surface area contributed by atoms with E-state index in [-0.39, 0.29) is 11.8 Å². The lowest BCUT2D eigenvalue weighted by atomic mass is 10.1. The maximum Gasteiger partial charge on any atom is 0.164 e. The van der Waals surface area contributed by atoms with Crippen molar-refractivity contribution in [3.05, 3.63) is 175 Å². The lowest BCUT2D eigenvalue weighted by Crippen LogP contribution is -2.22. The number of hydrogen-bond donors (Lipinski definition) is 2. The van der Waals surface area contributed by atoms with Crippen LogP contribution >= 0.6 is 0 Å². The highest BCUT2D eigenvalue weighted by atomic mass is 16.5. The van der Waals surface area contributed by atoms with E-state index in [1.807, 2.05) is 91.0 Å². The van der Waals surface area contributed by atoms with Gasteiger partial charge in [-0.1, -0.05) is 58.0 Å². The zero-order valence-electron chi connectivity index (χ0n) is 38.3. The summed E-state index contributed by atoms with van der Waals surface area (Å²) in [7, 11) is 3.29. The van der Waals surface area contributed by atoms with E-state index in [9.17, 15) is 0 Å². The molecule has 0 unspecified atom stereocenters. The zero-order chi connectivity index (χ0) is 46.3. The highest BCUT2D eigenvalue weighted by molar-refractivity contribution is 5.90. The lowest BCUT2D eigenvalue weighted by Gasteiger charge is -2.26. The van der Waals surface area contributed by atoms with E-state index in [0.717, 1.165) is 61.8 Å². The van der Waals surface area contributed by atoms with Crippen molar-refractivity contribution in [3.8, 4) is 34.5 Å². The molecule has 0 aliphatic heterocycles. The Bertz CT molecular complexity index is 2940. The molecular formula is C54H51N9O4. The molecular weight excluding hydrogens is 839 g/mol. The molecule has 0 atom stereocenters. The molecule has 0 bridgehead atoms. The minimum absolute atomic E-state index is 0.257. The van der Waals surface area contributed by atoms with Crippen LogP contribution in [0.3, 0.4) is 0 Å². The molecule has 9 rings (SSSR count). The molecule has 0 aliphatic rings. The zero-order valence-corrected chi connectivity index (χ0v) is 38.3. The van der Waals surface area contributed by atoms with Crippen molar-refractivity contribution < 1.29 is 18.9 Å². The molecule has 0 amide bonds. The monoisotopic (exact) mass is 889 g/mol. The van der Waals surface area contributed by atoms with Gasteiger partial charge in [0.25, 0.3) is 0 Å². The molecule has 13 heteroatoms. The summed E-state index contributed by atoms with van der Waals surface area (Å²) in [4.78, 5) is 30.4. The minimum atomic E-state index is 0.257. The molecule has 0 aliphatic carbocycles. The van der Waals surface area contributed by atoms with Gasteiger partial charge >= 0.3 is 0 Å². The molecule has 5 aromatic carbocycles. The molecule has 0 fully saturated rings. The van der Waals surface area contributed by atoms with Crippen molar-refractivity contribution in [2.24, 2.45) is 0 Å². The molecule has 0 radical (unpaired) electrons. The quantitative estimate of drug-likeness (QED) is 0.0896. The number of fused-ring (bicyclic) bond motifs is 2. The van der Waals surface area contributed by atoms with Crippen LogP contribution in [0, 0.1) is 0 Å². The summed E-state index contributed by atoms with van der Waals surface area (Å²) < 4.78 is 23.9. The predicted octanol–water partition coefficient (Wildman–Crippen LogP) is 12.9. The van der Waals surface area contributed by atoms with Gasteiger partial charge in [-0.2, -0.15) is 0 Å². The highest BCUT2D eigenvalue weighted by Gasteiger charge is 2.18. The van der Waals surface area contributed by atoms with E-state index >= 15 is 0 Å². The van der Waals surface area contributed by atoms with Crippen LogP contribution in [0.25, 0.3) is 22.1 Å². The van der Waals surface area contributed by atoms with Crippen molar-refractivity contribution in [3.63, 3.8) is 0 Å². The maximum atomic E-state index is 6.53. The molecule has 9 aromatic rings. The van der Waals surface area contributed by atoms with Gasteiger partial charge in [-0.15, -0.1) is 0 Å². The van der Waals surface area contributed by atoms with Crippen molar-refractivity contribution >= 4 is 50.8 Å². The van der Waals surface area contributed by atoms with Crippen LogP contribution in [0.15, 0.2) is 152 Å². The molecule has 67 heavy (non-hydrogen) atoms. The third-order valence-electron chi connectivity index (χ3n) is 11.3. The minimum Gasteiger partial charge on any atom is -0.497 e. The van der Waals surface area contributed by atoms with Gasteiger partial charge in [0, 0.05) is 30.2 Å². The van der Waals surface area contributed by atoms with Gasteiger partial charge in [0.05, 0.1) is 36.4 Å². The summed E-state index contributed by atoms with van der Waals surface area (Å²) in [5.74, 6) is 5.80. The predicted molar refractivity (Wildman–Crippen MR) is 265 cm³/mol. The van der Waals surface area contributed by atoms with Crippen LogP contribution in [0.1, 0.15) is 62.0 Å². The number of hydrogen-bond acceptors (Lipinski definition) is 13. The second-order valence-corrected chi connectivity index (χ2v) is 16.6. The Labute approximate surface area is 389 Å². The van der Waals surface area contributed by atoms with Gasteiger partial charge in [0.15, 0.2) is 22.8 Å². The first-order valence-electron chi connectivity index (χ1n) is 22.2. The SMILES string of the molecule is COc1ccc(Oc2ccc(CN(Cc3ccc(Oc4ccc(OC)cc4)c(Nc4ncnc5nc(C(C)C)ccc45)c3)c3ccccc3)cc2Nc2ncnc3nc(C(C)C)ccc23)cc1. The fraction of sp³-hybridized carbons (Fsp3) is 0.185. The summed E-state index contributed by atoms with van der Waals surface area (Å²) >= 11 is 0. The van der Waals surface area contributed by atoms with Crippen LogP contribution in [-0.4, -0.2) is 44.1 Å². The van der Waals surface area contributed by atoms with Gasteiger partial charge in [0.1, 0.15) is 47.3 Å². The number of nitrogens with zero attached hydrogens (tertiary/aromatic N) is 7. The second kappa shape index (κ2) is 19.8. The van der Waals surface area contributed by atoms with Gasteiger partial charge in [-0.25, -0.2) is 29.9 Å². The van der Waals surface area contributed by atoms with Crippen LogP contribution in [-0.2, 0) is 13.1 Å². The largest absolute Gasteiger partial charge is 0.497 e. The number of benzene rings is 5. The van der Waals surface area contributed by atoms with E-state index in [1.54, 1.807) is 14.2 Å². The Balaban J connectivity index is 1.07. The first kappa shape index (κ1) is 43.9. The molecule has 2 N–H and O–H groups in total. The fourth-order valence-electron chi connectivity index (χ4n) is 7.60. The first-order valence-corrected chi connectivity index (χ1v) is 22.2. The lowest BCUT2D eigenvalue weighted by molar-refractivity contribution is 0.413. The van der Waals surface area contributed by atoms with E-state index < -0.39 is 0 Å². The highest BCUT2D eigenvalue weighted by Crippen LogP contribution is 2.38. The third-order valence-corrected chi connectivity index (χ3v) is 11.3. The number of nitrogens with one attached hydrogen (secondary N) is 2. The molecule has 336 valence electrons. The van der Waals surface area contributed by atoms with Crippen molar-refractivity contribution in [2.45, 2.75) is 52.6 Å². The van der Waals surface area contributed by atoms with E-state index in [0.29, 0.717) is 59.0 Å². The van der Waals surface area contributed by atoms with Crippen LogP contribution in [0.2, 0.25) is 0 Å². The summed E-state index contributed by atoms with van der Waals surface area (Å²) in [6.45, 7) is 9.58. The van der Waals surface area contributed by atoms with Gasteiger partial charge in [0.2, 0.25) is 0 Å². The molecule has 0 spiro atoms. The number of anilines is 5. The third kappa shape index (κ3) is 10.3. The molecule has 4 aromatic heterocycles. The number of pyridine rings is 2. The maximum absolute atomic E-state index is 6.53. The number of ether oxygens (including phenoxy) is 4. The number of para-hydroxylation sites is 1. The summed E-state index contributed by atoms with van der Waals surface area (Å²) in [5.41, 5.74) is 7.74. The summed E-state index contributed by atoms with van der Waals surface area (Å²) in [6, 6.07) is 45.9. The molecule has 13 nitrogen and oxygen atoms in total. The molecule has 4 heterocycles. The van der Waals surface area contributed by atoms with E-state index in [4.69, 9.17) is 28.9 Å². The summed E-state index contributed by atoms with van der Waals surface area (Å²) in [5, 5.41) is 8.78. The van der Waals surface area contributed by atoms with E-state index in [2.05, 4.69) is 112 Å². The summed E-state index contributed by atoms with van der Waals surface area (Å²) in [6.07, 6.45) is 3.08. The average Bonchev–Trinajstić information content (AvgIpc) is 3.35. The number of rotatable bonds is 17. The number of methoxy groups -OCH3 is 2.